The predicted molar refractivity (Wildman–Crippen MR) is 80.9 cm³/mol. The molecule has 2 rings (SSSR count). The van der Waals surface area contributed by atoms with E-state index in [0.29, 0.717) is 5.82 Å². The number of carbonyl (C=O) groups is 1. The largest absolute Gasteiger partial charge is 0.386 e. The third-order valence-electron chi connectivity index (χ3n) is 2.91. The molecule has 0 saturated heterocycles. The van der Waals surface area contributed by atoms with E-state index in [1.165, 1.54) is 0 Å². The zero-order valence-electron chi connectivity index (χ0n) is 12.2. The lowest BCUT2D eigenvalue weighted by atomic mass is 10.1. The van der Waals surface area contributed by atoms with Crippen LogP contribution < -0.4 is 10.6 Å². The van der Waals surface area contributed by atoms with Gasteiger partial charge in [0.05, 0.1) is 18.8 Å². The molecule has 1 atom stereocenters. The third-order valence-corrected chi connectivity index (χ3v) is 2.91. The first-order chi connectivity index (χ1) is 10.1. The molecule has 1 heterocycles. The SMILES string of the molecule is CC(C)NC(=O)Nc1ccnn1CC(O)c1ccccc1. The number of anilines is 1. The molecular formula is C15H20N4O2. The van der Waals surface area contributed by atoms with Crippen LogP contribution in [0.5, 0.6) is 0 Å². The number of urea groups is 1. The van der Waals surface area contributed by atoms with Gasteiger partial charge < -0.3 is 10.4 Å². The lowest BCUT2D eigenvalue weighted by molar-refractivity contribution is 0.152. The standard InChI is InChI=1S/C15H20N4O2/c1-11(2)17-15(21)18-14-8-9-16-19(14)10-13(20)12-6-4-3-5-7-12/h3-9,11,13,20H,10H2,1-2H3,(H2,17,18,21). The van der Waals surface area contributed by atoms with Gasteiger partial charge in [-0.15, -0.1) is 0 Å². The van der Waals surface area contributed by atoms with Crippen LogP contribution in [0, 0.1) is 0 Å². The Balaban J connectivity index is 2.02. The molecule has 0 aliphatic rings. The van der Waals surface area contributed by atoms with Gasteiger partial charge in [-0.3, -0.25) is 5.32 Å². The van der Waals surface area contributed by atoms with E-state index in [1.807, 2.05) is 44.2 Å². The molecule has 6 heteroatoms. The Labute approximate surface area is 123 Å². The maximum atomic E-state index is 11.7. The fourth-order valence-corrected chi connectivity index (χ4v) is 1.94. The van der Waals surface area contributed by atoms with Crippen LogP contribution in [-0.2, 0) is 6.54 Å². The zero-order valence-corrected chi connectivity index (χ0v) is 12.2. The third kappa shape index (κ3) is 4.32. The van der Waals surface area contributed by atoms with Crippen LogP contribution in [0.25, 0.3) is 0 Å². The van der Waals surface area contributed by atoms with Crippen molar-refractivity contribution in [2.24, 2.45) is 0 Å². The first kappa shape index (κ1) is 15.1. The van der Waals surface area contributed by atoms with Gasteiger partial charge in [-0.2, -0.15) is 5.10 Å². The smallest absolute Gasteiger partial charge is 0.320 e. The van der Waals surface area contributed by atoms with Crippen LogP contribution in [-0.4, -0.2) is 27.0 Å². The molecule has 2 aromatic rings. The zero-order chi connectivity index (χ0) is 15.2. The van der Waals surface area contributed by atoms with Crippen molar-refractivity contribution in [3.05, 3.63) is 48.2 Å². The summed E-state index contributed by atoms with van der Waals surface area (Å²) in [4.78, 5) is 11.7. The fraction of sp³-hybridized carbons (Fsp3) is 0.333. The number of benzene rings is 1. The molecule has 1 aromatic carbocycles. The Morgan fingerprint density at radius 3 is 2.67 bits per heavy atom. The Morgan fingerprint density at radius 2 is 2.00 bits per heavy atom. The highest BCUT2D eigenvalue weighted by Gasteiger charge is 2.12. The minimum absolute atomic E-state index is 0.0521. The minimum atomic E-state index is -0.681. The van der Waals surface area contributed by atoms with E-state index in [1.54, 1.807) is 16.9 Å². The van der Waals surface area contributed by atoms with E-state index < -0.39 is 6.10 Å². The van der Waals surface area contributed by atoms with Crippen LogP contribution in [0.1, 0.15) is 25.5 Å². The molecule has 21 heavy (non-hydrogen) atoms. The van der Waals surface area contributed by atoms with E-state index in [4.69, 9.17) is 0 Å². The molecule has 0 saturated carbocycles. The lowest BCUT2D eigenvalue weighted by Gasteiger charge is -2.15. The molecule has 0 bridgehead atoms. The number of hydrogen-bond acceptors (Lipinski definition) is 3. The van der Waals surface area contributed by atoms with Crippen molar-refractivity contribution in [2.45, 2.75) is 32.5 Å². The summed E-state index contributed by atoms with van der Waals surface area (Å²) in [5, 5.41) is 19.8. The van der Waals surface area contributed by atoms with Gasteiger partial charge in [-0.25, -0.2) is 9.48 Å². The van der Waals surface area contributed by atoms with Crippen LogP contribution in [0.15, 0.2) is 42.6 Å². The van der Waals surface area contributed by atoms with Gasteiger partial charge in [0, 0.05) is 12.1 Å². The molecule has 0 spiro atoms. The number of amides is 2. The highest BCUT2D eigenvalue weighted by atomic mass is 16.3. The number of aliphatic hydroxyl groups is 1. The van der Waals surface area contributed by atoms with Gasteiger partial charge >= 0.3 is 6.03 Å². The summed E-state index contributed by atoms with van der Waals surface area (Å²) >= 11 is 0. The highest BCUT2D eigenvalue weighted by Crippen LogP contribution is 2.16. The average molecular weight is 288 g/mol. The molecule has 0 fully saturated rings. The monoisotopic (exact) mass is 288 g/mol. The van der Waals surface area contributed by atoms with Crippen molar-refractivity contribution in [3.8, 4) is 0 Å². The molecule has 1 aromatic heterocycles. The number of carbonyl (C=O) groups excluding carboxylic acids is 1. The minimum Gasteiger partial charge on any atom is -0.386 e. The molecule has 0 radical (unpaired) electrons. The van der Waals surface area contributed by atoms with Gasteiger partial charge in [-0.1, -0.05) is 30.3 Å². The van der Waals surface area contributed by atoms with Gasteiger partial charge in [0.15, 0.2) is 0 Å². The Bertz CT molecular complexity index is 580. The number of nitrogens with zero attached hydrogens (tertiary/aromatic N) is 2. The second-order valence-corrected chi connectivity index (χ2v) is 5.08. The van der Waals surface area contributed by atoms with E-state index in [0.717, 1.165) is 5.56 Å². The number of nitrogens with one attached hydrogen (secondary N) is 2. The van der Waals surface area contributed by atoms with E-state index in [2.05, 4.69) is 15.7 Å². The van der Waals surface area contributed by atoms with E-state index in [9.17, 15) is 9.90 Å². The fourth-order valence-electron chi connectivity index (χ4n) is 1.94. The second-order valence-electron chi connectivity index (χ2n) is 5.08. The Kier molecular flexibility index (Phi) is 4.94. The summed E-state index contributed by atoms with van der Waals surface area (Å²) in [6.07, 6.45) is 0.905. The van der Waals surface area contributed by atoms with E-state index >= 15 is 0 Å². The molecule has 1 unspecified atom stereocenters. The Morgan fingerprint density at radius 1 is 1.29 bits per heavy atom. The highest BCUT2D eigenvalue weighted by molar-refractivity contribution is 5.88. The van der Waals surface area contributed by atoms with Crippen molar-refractivity contribution in [2.75, 3.05) is 5.32 Å². The topological polar surface area (TPSA) is 79.2 Å². The molecule has 0 aliphatic carbocycles. The average Bonchev–Trinajstić information content (AvgIpc) is 2.86. The van der Waals surface area contributed by atoms with Gasteiger partial charge in [0.2, 0.25) is 0 Å². The summed E-state index contributed by atoms with van der Waals surface area (Å²) in [5.74, 6) is 0.545. The predicted octanol–water partition coefficient (Wildman–Crippen LogP) is 2.15. The molecule has 112 valence electrons. The first-order valence-electron chi connectivity index (χ1n) is 6.88. The van der Waals surface area contributed by atoms with Crippen LogP contribution in [0.4, 0.5) is 10.6 Å². The summed E-state index contributed by atoms with van der Waals surface area (Å²) in [5.41, 5.74) is 0.811. The van der Waals surface area contributed by atoms with E-state index in [-0.39, 0.29) is 18.6 Å². The van der Waals surface area contributed by atoms with Gasteiger partial charge in [-0.05, 0) is 19.4 Å². The summed E-state index contributed by atoms with van der Waals surface area (Å²) < 4.78 is 1.57. The Hall–Kier alpha value is -2.34. The molecule has 6 nitrogen and oxygen atoms in total. The van der Waals surface area contributed by atoms with Crippen molar-refractivity contribution >= 4 is 11.8 Å². The summed E-state index contributed by atoms with van der Waals surface area (Å²) in [7, 11) is 0. The van der Waals surface area contributed by atoms with Crippen LogP contribution >= 0.6 is 0 Å². The second kappa shape index (κ2) is 6.90. The maximum absolute atomic E-state index is 11.7. The van der Waals surface area contributed by atoms with Crippen molar-refractivity contribution < 1.29 is 9.90 Å². The normalized spacial score (nSPS) is 12.2. The maximum Gasteiger partial charge on any atom is 0.320 e. The lowest BCUT2D eigenvalue weighted by Crippen LogP contribution is -2.34. The first-order valence-corrected chi connectivity index (χ1v) is 6.88. The number of hydrogen-bond donors (Lipinski definition) is 3. The van der Waals surface area contributed by atoms with Crippen molar-refractivity contribution in [3.63, 3.8) is 0 Å². The number of rotatable bonds is 5. The molecule has 2 amide bonds. The summed E-state index contributed by atoms with van der Waals surface area (Å²) in [6.45, 7) is 4.04. The van der Waals surface area contributed by atoms with Gasteiger partial charge in [0.1, 0.15) is 5.82 Å². The summed E-state index contributed by atoms with van der Waals surface area (Å²) in [6, 6.07) is 10.8. The van der Waals surface area contributed by atoms with Crippen LogP contribution in [0.3, 0.4) is 0 Å². The van der Waals surface area contributed by atoms with Gasteiger partial charge in [0.25, 0.3) is 0 Å². The number of aliphatic hydroxyl groups excluding tert-OH is 1. The number of aromatic nitrogens is 2. The van der Waals surface area contributed by atoms with Crippen molar-refractivity contribution in [1.82, 2.24) is 15.1 Å². The molecule has 0 aliphatic heterocycles. The van der Waals surface area contributed by atoms with Crippen LogP contribution in [0.2, 0.25) is 0 Å². The molecule has 3 N–H and O–H groups in total. The molecular weight excluding hydrogens is 268 g/mol. The van der Waals surface area contributed by atoms with Crippen molar-refractivity contribution in [1.29, 1.82) is 0 Å². The quantitative estimate of drug-likeness (QED) is 0.788.